The number of amides is 1. The van der Waals surface area contributed by atoms with E-state index < -0.39 is 0 Å². The van der Waals surface area contributed by atoms with E-state index in [-0.39, 0.29) is 24.2 Å². The third-order valence-corrected chi connectivity index (χ3v) is 6.03. The van der Waals surface area contributed by atoms with Gasteiger partial charge in [-0.2, -0.15) is 5.10 Å². The highest BCUT2D eigenvalue weighted by molar-refractivity contribution is 5.89. The Hall–Kier alpha value is -2.54. The molecule has 156 valence electrons. The molecule has 1 fully saturated rings. The number of carbonyl (C=O) groups excluding carboxylic acids is 1. The van der Waals surface area contributed by atoms with E-state index in [0.717, 1.165) is 18.8 Å². The van der Waals surface area contributed by atoms with E-state index in [9.17, 15) is 4.79 Å². The maximum Gasteiger partial charge on any atom is 0.220 e. The Balaban J connectivity index is 1.36. The van der Waals surface area contributed by atoms with Gasteiger partial charge in [0, 0.05) is 31.8 Å². The molecular weight excluding hydrogens is 364 g/mol. The summed E-state index contributed by atoms with van der Waals surface area (Å²) in [6, 6.07) is 7.27. The van der Waals surface area contributed by atoms with Crippen LogP contribution in [0.5, 0.6) is 0 Å². The smallest absolute Gasteiger partial charge is 0.220 e. The van der Waals surface area contributed by atoms with Crippen molar-refractivity contribution >= 4 is 11.7 Å². The number of carbonyl (C=O) groups is 1. The number of nitrogens with one attached hydrogen (secondary N) is 3. The lowest BCUT2D eigenvalue weighted by atomic mass is 9.97. The van der Waals surface area contributed by atoms with Crippen LogP contribution in [0.4, 0.5) is 0 Å². The molecule has 0 bridgehead atoms. The molecule has 3 unspecified atom stereocenters. The van der Waals surface area contributed by atoms with Gasteiger partial charge in [-0.15, -0.1) is 0 Å². The highest BCUT2D eigenvalue weighted by Gasteiger charge is 2.44. The van der Waals surface area contributed by atoms with Crippen LogP contribution in [0.1, 0.15) is 55.8 Å². The zero-order valence-corrected chi connectivity index (χ0v) is 17.8. The van der Waals surface area contributed by atoms with Crippen LogP contribution in [0, 0.1) is 19.8 Å². The summed E-state index contributed by atoms with van der Waals surface area (Å²) in [4.78, 5) is 14.2. The molecule has 0 radical (unpaired) electrons. The van der Waals surface area contributed by atoms with Crippen molar-refractivity contribution in [3.05, 3.63) is 47.3 Å². The van der Waals surface area contributed by atoms with Crippen molar-refractivity contribution in [3.63, 3.8) is 0 Å². The number of amidine groups is 1. The van der Waals surface area contributed by atoms with E-state index in [4.69, 9.17) is 0 Å². The quantitative estimate of drug-likeness (QED) is 0.689. The zero-order chi connectivity index (χ0) is 20.5. The molecule has 3 atom stereocenters. The molecule has 7 heteroatoms. The van der Waals surface area contributed by atoms with Gasteiger partial charge >= 0.3 is 0 Å². The predicted octanol–water partition coefficient (Wildman–Crippen LogP) is 2.51. The molecule has 29 heavy (non-hydrogen) atoms. The number of rotatable bonds is 6. The molecule has 1 saturated heterocycles. The molecule has 1 aromatic rings. The van der Waals surface area contributed by atoms with Crippen LogP contribution in [0.3, 0.4) is 0 Å². The predicted molar refractivity (Wildman–Crippen MR) is 114 cm³/mol. The first kappa shape index (κ1) is 19.8. The second-order valence-electron chi connectivity index (χ2n) is 8.74. The first-order chi connectivity index (χ1) is 13.9. The highest BCUT2D eigenvalue weighted by Crippen LogP contribution is 2.34. The molecular formula is C22H32N6O. The van der Waals surface area contributed by atoms with E-state index in [1.165, 1.54) is 16.7 Å². The number of aryl methyl sites for hydroxylation is 2. The van der Waals surface area contributed by atoms with Gasteiger partial charge in [0.2, 0.25) is 5.91 Å². The second-order valence-corrected chi connectivity index (χ2v) is 8.74. The number of fused-ring (bicyclic) bond motifs is 3. The molecule has 1 aromatic carbocycles. The molecule has 0 spiro atoms. The van der Waals surface area contributed by atoms with Crippen molar-refractivity contribution in [1.29, 1.82) is 0 Å². The standard InChI is InChI=1S/C22H32N6O/c1-14(2)13-23-21(29)8-7-20-24-25-22-19-12-18(26-28(19)10-9-27(20)22)17-6-5-15(3)16(4)11-17/h5-6,9-11,14,18-19,22,25-26H,7-8,12-13H2,1-4H3,(H,23,29). The van der Waals surface area contributed by atoms with E-state index >= 15 is 0 Å². The van der Waals surface area contributed by atoms with Crippen molar-refractivity contribution in [2.75, 3.05) is 6.54 Å². The monoisotopic (exact) mass is 396 g/mol. The van der Waals surface area contributed by atoms with Gasteiger partial charge in [-0.3, -0.25) is 10.2 Å². The van der Waals surface area contributed by atoms with Crippen molar-refractivity contribution in [1.82, 2.24) is 26.1 Å². The summed E-state index contributed by atoms with van der Waals surface area (Å²) in [7, 11) is 0. The summed E-state index contributed by atoms with van der Waals surface area (Å²) in [6.07, 6.45) is 6.34. The average molecular weight is 397 g/mol. The largest absolute Gasteiger partial charge is 0.356 e. The topological polar surface area (TPSA) is 72.0 Å². The third kappa shape index (κ3) is 4.10. The lowest BCUT2D eigenvalue weighted by Crippen LogP contribution is -2.54. The average Bonchev–Trinajstić information content (AvgIpc) is 3.30. The summed E-state index contributed by atoms with van der Waals surface area (Å²) in [5, 5.41) is 9.71. The van der Waals surface area contributed by atoms with E-state index in [0.29, 0.717) is 18.8 Å². The van der Waals surface area contributed by atoms with Crippen molar-refractivity contribution in [2.24, 2.45) is 11.0 Å². The van der Waals surface area contributed by atoms with Crippen LogP contribution in [0.25, 0.3) is 0 Å². The van der Waals surface area contributed by atoms with Crippen molar-refractivity contribution in [2.45, 2.75) is 65.2 Å². The number of hydrogen-bond donors (Lipinski definition) is 3. The fourth-order valence-electron chi connectivity index (χ4n) is 4.14. The van der Waals surface area contributed by atoms with Gasteiger partial charge in [0.25, 0.3) is 0 Å². The molecule has 4 rings (SSSR count). The minimum absolute atomic E-state index is 0.0878. The Labute approximate surface area is 173 Å². The Morgan fingerprint density at radius 1 is 1.28 bits per heavy atom. The number of hydrogen-bond acceptors (Lipinski definition) is 6. The Kier molecular flexibility index (Phi) is 5.50. The molecule has 3 N–H and O–H groups in total. The number of hydrazone groups is 1. The van der Waals surface area contributed by atoms with Crippen LogP contribution in [-0.4, -0.2) is 40.4 Å². The lowest BCUT2D eigenvalue weighted by molar-refractivity contribution is -0.121. The number of hydrazine groups is 1. The second kappa shape index (κ2) is 8.06. The SMILES string of the molecule is Cc1ccc(C2CC3C4NN=C(CCC(=O)NCC(C)C)N4C=CN3N2)cc1C. The van der Waals surface area contributed by atoms with Crippen LogP contribution in [0.2, 0.25) is 0 Å². The van der Waals surface area contributed by atoms with Crippen LogP contribution >= 0.6 is 0 Å². The maximum atomic E-state index is 12.1. The van der Waals surface area contributed by atoms with E-state index in [1.807, 2.05) is 0 Å². The van der Waals surface area contributed by atoms with Crippen LogP contribution in [0.15, 0.2) is 35.7 Å². The molecule has 3 heterocycles. The first-order valence-corrected chi connectivity index (χ1v) is 10.6. The molecule has 0 aromatic heterocycles. The lowest BCUT2D eigenvalue weighted by Gasteiger charge is -2.37. The van der Waals surface area contributed by atoms with Crippen LogP contribution in [-0.2, 0) is 4.79 Å². The zero-order valence-electron chi connectivity index (χ0n) is 17.8. The Bertz CT molecular complexity index is 833. The van der Waals surface area contributed by atoms with Crippen molar-refractivity contribution < 1.29 is 4.79 Å². The van der Waals surface area contributed by atoms with Crippen molar-refractivity contribution in [3.8, 4) is 0 Å². The molecule has 3 aliphatic rings. The molecule has 7 nitrogen and oxygen atoms in total. The van der Waals surface area contributed by atoms with E-state index in [1.54, 1.807) is 0 Å². The normalized spacial score (nSPS) is 25.0. The van der Waals surface area contributed by atoms with Gasteiger partial charge in [-0.25, -0.2) is 5.43 Å². The number of benzene rings is 1. The molecule has 1 amide bonds. The Morgan fingerprint density at radius 3 is 2.86 bits per heavy atom. The fourth-order valence-corrected chi connectivity index (χ4v) is 4.14. The number of nitrogens with zero attached hydrogens (tertiary/aromatic N) is 3. The van der Waals surface area contributed by atoms with Gasteiger partial charge < -0.3 is 15.2 Å². The first-order valence-electron chi connectivity index (χ1n) is 10.6. The van der Waals surface area contributed by atoms with Gasteiger partial charge in [-0.05, 0) is 42.9 Å². The minimum atomic E-state index is 0.0878. The molecule has 3 aliphatic heterocycles. The van der Waals surface area contributed by atoms with Crippen LogP contribution < -0.4 is 16.2 Å². The molecule has 0 saturated carbocycles. The highest BCUT2D eigenvalue weighted by atomic mass is 16.1. The maximum absolute atomic E-state index is 12.1. The third-order valence-electron chi connectivity index (χ3n) is 6.03. The summed E-state index contributed by atoms with van der Waals surface area (Å²) in [6.45, 7) is 9.23. The van der Waals surface area contributed by atoms with E-state index in [2.05, 4.69) is 89.5 Å². The van der Waals surface area contributed by atoms with Gasteiger partial charge in [0.1, 0.15) is 12.0 Å². The van der Waals surface area contributed by atoms with Gasteiger partial charge in [0.05, 0.1) is 12.1 Å². The summed E-state index contributed by atoms with van der Waals surface area (Å²) < 4.78 is 0. The fraction of sp³-hybridized carbons (Fsp3) is 0.545. The summed E-state index contributed by atoms with van der Waals surface area (Å²) >= 11 is 0. The Morgan fingerprint density at radius 2 is 2.10 bits per heavy atom. The van der Waals surface area contributed by atoms with Gasteiger partial charge in [0.15, 0.2) is 0 Å². The minimum Gasteiger partial charge on any atom is -0.356 e. The summed E-state index contributed by atoms with van der Waals surface area (Å²) in [5.41, 5.74) is 10.9. The summed E-state index contributed by atoms with van der Waals surface area (Å²) in [5.74, 6) is 1.48. The molecule has 0 aliphatic carbocycles. The van der Waals surface area contributed by atoms with Gasteiger partial charge in [-0.1, -0.05) is 32.0 Å².